The van der Waals surface area contributed by atoms with Crippen LogP contribution in [0.5, 0.6) is 0 Å². The van der Waals surface area contributed by atoms with Crippen LogP contribution in [0, 0.1) is 0 Å². The summed E-state index contributed by atoms with van der Waals surface area (Å²) in [4.78, 5) is 21.6. The van der Waals surface area contributed by atoms with Crippen molar-refractivity contribution in [3.8, 4) is 0 Å². The highest BCUT2D eigenvalue weighted by Gasteiger charge is 2.18. The molecule has 0 saturated carbocycles. The molecule has 2 heterocycles. The molecule has 2 aromatic rings. The second kappa shape index (κ2) is 5.34. The van der Waals surface area contributed by atoms with Gasteiger partial charge in [0.15, 0.2) is 23.7 Å². The number of aromatic amines is 1. The van der Waals surface area contributed by atoms with Gasteiger partial charge in [-0.2, -0.15) is 4.98 Å². The first kappa shape index (κ1) is 13.5. The van der Waals surface area contributed by atoms with Gasteiger partial charge >= 0.3 is 5.56 Å². The van der Waals surface area contributed by atoms with Crippen LogP contribution >= 0.6 is 0 Å². The molecule has 0 spiro atoms. The molecule has 0 aliphatic rings. The first-order valence-electron chi connectivity index (χ1n) is 5.73. The highest BCUT2D eigenvalue weighted by molar-refractivity contribution is 5.70. The predicted octanol–water partition coefficient (Wildman–Crippen LogP) is -1.06. The summed E-state index contributed by atoms with van der Waals surface area (Å²) < 4.78 is 6.17. The van der Waals surface area contributed by atoms with E-state index in [4.69, 9.17) is 10.5 Å². The normalized spacial score (nSPS) is 14.7. The van der Waals surface area contributed by atoms with Crippen molar-refractivity contribution in [3.63, 3.8) is 0 Å². The Hall–Kier alpha value is -1.97. The molecule has 2 aromatic heterocycles. The third-order valence-corrected chi connectivity index (χ3v) is 2.61. The smallest absolute Gasteiger partial charge is 0.300 e. The molecular weight excluding hydrogens is 254 g/mol. The van der Waals surface area contributed by atoms with Crippen molar-refractivity contribution >= 4 is 17.1 Å². The number of ether oxygens (including phenoxy) is 1. The van der Waals surface area contributed by atoms with E-state index in [9.17, 15) is 15.0 Å². The van der Waals surface area contributed by atoms with E-state index < -0.39 is 18.1 Å². The zero-order valence-corrected chi connectivity index (χ0v) is 10.3. The molecular formula is C10H15N5O4. The summed E-state index contributed by atoms with van der Waals surface area (Å²) in [7, 11) is 0. The van der Waals surface area contributed by atoms with Crippen LogP contribution in [0.4, 0.5) is 5.95 Å². The van der Waals surface area contributed by atoms with E-state index >= 15 is 0 Å². The van der Waals surface area contributed by atoms with Gasteiger partial charge in [0.1, 0.15) is 0 Å². The Labute approximate surface area is 107 Å². The Bertz CT molecular complexity index is 622. The van der Waals surface area contributed by atoms with Crippen molar-refractivity contribution < 1.29 is 14.9 Å². The maximum absolute atomic E-state index is 11.5. The van der Waals surface area contributed by atoms with Crippen molar-refractivity contribution in [1.29, 1.82) is 0 Å². The lowest BCUT2D eigenvalue weighted by Crippen LogP contribution is -2.25. The second-order valence-corrected chi connectivity index (χ2v) is 3.92. The first-order chi connectivity index (χ1) is 9.04. The summed E-state index contributed by atoms with van der Waals surface area (Å²) in [6.45, 7) is 1.53. The topological polar surface area (TPSA) is 139 Å². The number of nitrogens with zero attached hydrogens (tertiary/aromatic N) is 3. The van der Waals surface area contributed by atoms with Gasteiger partial charge in [-0.15, -0.1) is 0 Å². The number of nitrogen functional groups attached to an aromatic ring is 1. The van der Waals surface area contributed by atoms with Crippen LogP contribution in [0.2, 0.25) is 0 Å². The van der Waals surface area contributed by atoms with Crippen LogP contribution in [-0.4, -0.2) is 42.6 Å². The monoisotopic (exact) mass is 269 g/mol. The van der Waals surface area contributed by atoms with Crippen LogP contribution in [0.25, 0.3) is 11.2 Å². The zero-order valence-electron chi connectivity index (χ0n) is 10.3. The van der Waals surface area contributed by atoms with Gasteiger partial charge in [0, 0.05) is 0 Å². The third kappa shape index (κ3) is 2.57. The van der Waals surface area contributed by atoms with Crippen molar-refractivity contribution in [2.75, 3.05) is 12.3 Å². The molecule has 0 aliphatic heterocycles. The van der Waals surface area contributed by atoms with Crippen LogP contribution < -0.4 is 11.3 Å². The highest BCUT2D eigenvalue weighted by Crippen LogP contribution is 2.15. The number of aromatic nitrogens is 4. The van der Waals surface area contributed by atoms with Gasteiger partial charge in [-0.3, -0.25) is 9.36 Å². The van der Waals surface area contributed by atoms with Gasteiger partial charge in [-0.1, -0.05) is 6.92 Å². The van der Waals surface area contributed by atoms with Gasteiger partial charge in [0.2, 0.25) is 5.95 Å². The molecule has 0 saturated heterocycles. The molecule has 0 amide bonds. The average molecular weight is 269 g/mol. The molecule has 0 bridgehead atoms. The standard InChI is InChI=1S/C10H15N5O4/c1-2-6(17)19-3-5(16)15-8-7(12-4-13-8)9(18)14-10(15)11/h4-6,16-17H,2-3H2,1H3,(H,12,13)(H2,11,14,18). The fourth-order valence-electron chi connectivity index (χ4n) is 1.63. The lowest BCUT2D eigenvalue weighted by atomic mass is 10.4. The Kier molecular flexibility index (Phi) is 3.79. The molecule has 104 valence electrons. The van der Waals surface area contributed by atoms with E-state index in [1.807, 2.05) is 0 Å². The van der Waals surface area contributed by atoms with Crippen LogP contribution in [-0.2, 0) is 4.74 Å². The minimum absolute atomic E-state index is 0.143. The van der Waals surface area contributed by atoms with Crippen molar-refractivity contribution in [1.82, 2.24) is 19.5 Å². The fourth-order valence-corrected chi connectivity index (χ4v) is 1.63. The number of hydrogen-bond donors (Lipinski definition) is 4. The van der Waals surface area contributed by atoms with E-state index in [0.29, 0.717) is 6.42 Å². The number of imidazole rings is 1. The van der Waals surface area contributed by atoms with Crippen LogP contribution in [0.3, 0.4) is 0 Å². The predicted molar refractivity (Wildman–Crippen MR) is 66.1 cm³/mol. The first-order valence-corrected chi connectivity index (χ1v) is 5.73. The number of H-pyrrole nitrogens is 1. The summed E-state index contributed by atoms with van der Waals surface area (Å²) in [6.07, 6.45) is -0.487. The molecule has 2 atom stereocenters. The number of anilines is 1. The number of nitrogens with two attached hydrogens (primary N) is 1. The minimum Gasteiger partial charge on any atom is -0.371 e. The average Bonchev–Trinajstić information content (AvgIpc) is 2.85. The maximum Gasteiger partial charge on any atom is 0.300 e. The summed E-state index contributed by atoms with van der Waals surface area (Å²) >= 11 is 0. The Balaban J connectivity index is 2.33. The van der Waals surface area contributed by atoms with Gasteiger partial charge in [-0.05, 0) is 6.42 Å². The zero-order chi connectivity index (χ0) is 14.0. The number of aliphatic hydroxyl groups excluding tert-OH is 2. The van der Waals surface area contributed by atoms with Crippen molar-refractivity contribution in [2.45, 2.75) is 25.9 Å². The van der Waals surface area contributed by atoms with Gasteiger partial charge in [-0.25, -0.2) is 4.98 Å². The van der Waals surface area contributed by atoms with E-state index in [2.05, 4.69) is 15.0 Å². The molecule has 0 fully saturated rings. The number of hydrogen-bond acceptors (Lipinski definition) is 7. The minimum atomic E-state index is -1.21. The van der Waals surface area contributed by atoms with Crippen LogP contribution in [0.15, 0.2) is 11.1 Å². The van der Waals surface area contributed by atoms with Crippen molar-refractivity contribution in [3.05, 3.63) is 16.7 Å². The Morgan fingerprint density at radius 1 is 1.58 bits per heavy atom. The maximum atomic E-state index is 11.5. The summed E-state index contributed by atoms with van der Waals surface area (Å²) in [5.74, 6) is -0.174. The van der Waals surface area contributed by atoms with E-state index in [1.54, 1.807) is 6.92 Å². The fraction of sp³-hybridized carbons (Fsp3) is 0.500. The van der Waals surface area contributed by atoms with E-state index in [0.717, 1.165) is 4.57 Å². The number of nitrogens with one attached hydrogen (secondary N) is 1. The molecule has 9 heteroatoms. The van der Waals surface area contributed by atoms with Gasteiger partial charge in [0.05, 0.1) is 12.9 Å². The molecule has 0 radical (unpaired) electrons. The summed E-state index contributed by atoms with van der Waals surface area (Å²) in [5.41, 5.74) is 5.38. The molecule has 19 heavy (non-hydrogen) atoms. The van der Waals surface area contributed by atoms with Gasteiger partial charge in [0.25, 0.3) is 0 Å². The Morgan fingerprint density at radius 2 is 2.32 bits per heavy atom. The summed E-state index contributed by atoms with van der Waals surface area (Å²) in [5, 5.41) is 19.3. The molecule has 9 nitrogen and oxygen atoms in total. The summed E-state index contributed by atoms with van der Waals surface area (Å²) in [6, 6.07) is 0. The molecule has 0 aromatic carbocycles. The van der Waals surface area contributed by atoms with Crippen molar-refractivity contribution in [2.24, 2.45) is 0 Å². The number of fused-ring (bicyclic) bond motifs is 1. The molecule has 2 unspecified atom stereocenters. The molecule has 5 N–H and O–H groups in total. The molecule has 2 rings (SSSR count). The van der Waals surface area contributed by atoms with E-state index in [-0.39, 0.29) is 23.7 Å². The molecule has 0 aliphatic carbocycles. The van der Waals surface area contributed by atoms with Crippen LogP contribution in [0.1, 0.15) is 19.6 Å². The van der Waals surface area contributed by atoms with E-state index in [1.165, 1.54) is 6.33 Å². The Morgan fingerprint density at radius 3 is 3.00 bits per heavy atom. The number of rotatable bonds is 5. The number of aliphatic hydroxyl groups is 2. The van der Waals surface area contributed by atoms with Gasteiger partial charge < -0.3 is 25.7 Å². The third-order valence-electron chi connectivity index (χ3n) is 2.61. The lowest BCUT2D eigenvalue weighted by Gasteiger charge is -2.18. The largest absolute Gasteiger partial charge is 0.371 e. The SMILES string of the molecule is CCC(O)OCC(O)n1c(N)nc(=O)c2[nH]cnc21. The quantitative estimate of drug-likeness (QED) is 0.507. The second-order valence-electron chi connectivity index (χ2n) is 3.92. The lowest BCUT2D eigenvalue weighted by molar-refractivity contribution is -0.133. The highest BCUT2D eigenvalue weighted by atomic mass is 16.6.